The van der Waals surface area contributed by atoms with Crippen LogP contribution in [0.3, 0.4) is 0 Å². The maximum atomic E-state index is 12.3. The molecular formula is C15H24N2O2S2. The van der Waals surface area contributed by atoms with E-state index in [1.165, 1.54) is 11.1 Å². The van der Waals surface area contributed by atoms with Gasteiger partial charge in [0.15, 0.2) is 9.84 Å². The zero-order chi connectivity index (χ0) is 15.5. The van der Waals surface area contributed by atoms with Crippen LogP contribution < -0.4 is 10.6 Å². The summed E-state index contributed by atoms with van der Waals surface area (Å²) in [5, 5.41) is -0.402. The van der Waals surface area contributed by atoms with Gasteiger partial charge in [0.2, 0.25) is 0 Å². The Kier molecular flexibility index (Phi) is 5.57. The zero-order valence-electron chi connectivity index (χ0n) is 12.7. The van der Waals surface area contributed by atoms with Gasteiger partial charge in [-0.2, -0.15) is 11.8 Å². The lowest BCUT2D eigenvalue weighted by molar-refractivity contribution is 0.579. The third kappa shape index (κ3) is 3.73. The second-order valence-corrected chi connectivity index (χ2v) is 8.92. The van der Waals surface area contributed by atoms with Crippen LogP contribution in [0.5, 0.6) is 0 Å². The van der Waals surface area contributed by atoms with Gasteiger partial charge in [0.05, 0.1) is 0 Å². The van der Waals surface area contributed by atoms with E-state index in [9.17, 15) is 8.42 Å². The maximum absolute atomic E-state index is 12.3. The first-order valence-corrected chi connectivity index (χ1v) is 10.2. The quantitative estimate of drug-likeness (QED) is 0.893. The minimum Gasteiger partial charge on any atom is -0.353 e. The van der Waals surface area contributed by atoms with E-state index in [0.717, 1.165) is 24.4 Å². The van der Waals surface area contributed by atoms with Crippen molar-refractivity contribution < 1.29 is 8.42 Å². The van der Waals surface area contributed by atoms with Crippen LogP contribution in [0.25, 0.3) is 0 Å². The van der Waals surface area contributed by atoms with Crippen LogP contribution in [0.15, 0.2) is 18.2 Å². The number of nitrogens with zero attached hydrogens (tertiary/aromatic N) is 1. The Balaban J connectivity index is 2.32. The fraction of sp³-hybridized carbons (Fsp3) is 0.600. The summed E-state index contributed by atoms with van der Waals surface area (Å²) in [4.78, 5) is 2.05. The fourth-order valence-corrected chi connectivity index (χ4v) is 5.65. The summed E-state index contributed by atoms with van der Waals surface area (Å²) in [6.45, 7) is 5.20. The van der Waals surface area contributed by atoms with E-state index in [1.807, 2.05) is 6.07 Å². The Labute approximate surface area is 132 Å². The van der Waals surface area contributed by atoms with E-state index in [2.05, 4.69) is 24.0 Å². The SMILES string of the molecule is CCS(=O)(=O)C1CSCCN1c1ccc(CCN)c(C)c1. The molecule has 0 bridgehead atoms. The summed E-state index contributed by atoms with van der Waals surface area (Å²) in [5.41, 5.74) is 9.05. The summed E-state index contributed by atoms with van der Waals surface area (Å²) < 4.78 is 24.6. The molecule has 2 rings (SSSR count). The molecule has 4 nitrogen and oxygen atoms in total. The molecule has 0 spiro atoms. The van der Waals surface area contributed by atoms with Crippen molar-refractivity contribution in [3.8, 4) is 0 Å². The van der Waals surface area contributed by atoms with Gasteiger partial charge in [-0.3, -0.25) is 0 Å². The molecule has 1 aromatic carbocycles. The maximum Gasteiger partial charge on any atom is 0.171 e. The van der Waals surface area contributed by atoms with E-state index < -0.39 is 15.2 Å². The number of hydrogen-bond donors (Lipinski definition) is 1. The number of nitrogens with two attached hydrogens (primary N) is 1. The minimum absolute atomic E-state index is 0.193. The molecule has 0 aliphatic carbocycles. The molecule has 1 heterocycles. The number of anilines is 1. The van der Waals surface area contributed by atoms with Crippen molar-refractivity contribution in [3.05, 3.63) is 29.3 Å². The topological polar surface area (TPSA) is 63.4 Å². The Morgan fingerprint density at radius 3 is 2.81 bits per heavy atom. The molecular weight excluding hydrogens is 304 g/mol. The van der Waals surface area contributed by atoms with Gasteiger partial charge in [0.25, 0.3) is 0 Å². The molecule has 0 amide bonds. The molecule has 1 atom stereocenters. The van der Waals surface area contributed by atoms with Crippen LogP contribution in [0.4, 0.5) is 5.69 Å². The van der Waals surface area contributed by atoms with E-state index in [-0.39, 0.29) is 5.75 Å². The van der Waals surface area contributed by atoms with Crippen molar-refractivity contribution in [3.63, 3.8) is 0 Å². The number of aryl methyl sites for hydroxylation is 1. The molecule has 1 aliphatic heterocycles. The van der Waals surface area contributed by atoms with Crippen LogP contribution >= 0.6 is 11.8 Å². The molecule has 1 fully saturated rings. The van der Waals surface area contributed by atoms with Crippen molar-refractivity contribution in [2.45, 2.75) is 25.6 Å². The predicted molar refractivity (Wildman–Crippen MR) is 91.9 cm³/mol. The Bertz CT molecular complexity index is 587. The van der Waals surface area contributed by atoms with Crippen LogP contribution in [0.1, 0.15) is 18.1 Å². The molecule has 2 N–H and O–H groups in total. The summed E-state index contributed by atoms with van der Waals surface area (Å²) in [6.07, 6.45) is 0.860. The Hall–Kier alpha value is -0.720. The number of benzene rings is 1. The summed E-state index contributed by atoms with van der Waals surface area (Å²) in [5.74, 6) is 1.82. The van der Waals surface area contributed by atoms with E-state index in [4.69, 9.17) is 5.73 Å². The lowest BCUT2D eigenvalue weighted by atomic mass is 10.0. The van der Waals surface area contributed by atoms with Crippen molar-refractivity contribution in [1.82, 2.24) is 0 Å². The van der Waals surface area contributed by atoms with Gasteiger partial charge in [0, 0.05) is 29.5 Å². The molecule has 6 heteroatoms. The van der Waals surface area contributed by atoms with E-state index in [0.29, 0.717) is 12.3 Å². The minimum atomic E-state index is -3.07. The molecule has 0 radical (unpaired) electrons. The lowest BCUT2D eigenvalue weighted by Crippen LogP contribution is -2.48. The number of rotatable bonds is 5. The van der Waals surface area contributed by atoms with Gasteiger partial charge in [-0.15, -0.1) is 0 Å². The first-order chi connectivity index (χ1) is 9.99. The van der Waals surface area contributed by atoms with Crippen LogP contribution in [-0.4, -0.2) is 44.1 Å². The van der Waals surface area contributed by atoms with Gasteiger partial charge in [-0.25, -0.2) is 8.42 Å². The first kappa shape index (κ1) is 16.6. The molecule has 21 heavy (non-hydrogen) atoms. The van der Waals surface area contributed by atoms with Gasteiger partial charge < -0.3 is 10.6 Å². The van der Waals surface area contributed by atoms with Gasteiger partial charge in [-0.1, -0.05) is 13.0 Å². The van der Waals surface area contributed by atoms with Gasteiger partial charge >= 0.3 is 0 Å². The van der Waals surface area contributed by atoms with Crippen molar-refractivity contribution in [1.29, 1.82) is 0 Å². The average Bonchev–Trinajstić information content (AvgIpc) is 2.49. The lowest BCUT2D eigenvalue weighted by Gasteiger charge is -2.36. The molecule has 118 valence electrons. The summed E-state index contributed by atoms with van der Waals surface area (Å²) in [7, 11) is -3.07. The zero-order valence-corrected chi connectivity index (χ0v) is 14.3. The third-order valence-electron chi connectivity index (χ3n) is 3.97. The summed E-state index contributed by atoms with van der Waals surface area (Å²) in [6, 6.07) is 6.21. The molecule has 1 aromatic rings. The molecule has 0 aromatic heterocycles. The number of thioether (sulfide) groups is 1. The number of hydrogen-bond acceptors (Lipinski definition) is 5. The molecule has 0 saturated carbocycles. The highest BCUT2D eigenvalue weighted by molar-refractivity contribution is 8.01. The normalized spacial score (nSPS) is 19.8. The van der Waals surface area contributed by atoms with Crippen molar-refractivity contribution >= 4 is 27.3 Å². The Morgan fingerprint density at radius 1 is 1.43 bits per heavy atom. The van der Waals surface area contributed by atoms with Gasteiger partial charge in [0.1, 0.15) is 5.37 Å². The van der Waals surface area contributed by atoms with E-state index in [1.54, 1.807) is 18.7 Å². The second kappa shape index (κ2) is 7.03. The summed E-state index contributed by atoms with van der Waals surface area (Å²) >= 11 is 1.72. The second-order valence-electron chi connectivity index (χ2n) is 5.32. The highest BCUT2D eigenvalue weighted by atomic mass is 32.2. The van der Waals surface area contributed by atoms with Crippen LogP contribution in [0, 0.1) is 6.92 Å². The largest absolute Gasteiger partial charge is 0.353 e. The first-order valence-electron chi connectivity index (χ1n) is 7.35. The monoisotopic (exact) mass is 328 g/mol. The molecule has 1 unspecified atom stereocenters. The standard InChI is InChI=1S/C15H24N2O2S2/c1-3-21(18,19)15-11-20-9-8-17(15)14-5-4-13(6-7-16)12(2)10-14/h4-5,10,15H,3,6-9,11,16H2,1-2H3. The fourth-order valence-electron chi connectivity index (χ4n) is 2.66. The van der Waals surface area contributed by atoms with Crippen LogP contribution in [-0.2, 0) is 16.3 Å². The van der Waals surface area contributed by atoms with Crippen molar-refractivity contribution in [2.75, 3.05) is 35.2 Å². The third-order valence-corrected chi connectivity index (χ3v) is 7.26. The smallest absolute Gasteiger partial charge is 0.171 e. The highest BCUT2D eigenvalue weighted by Crippen LogP contribution is 2.29. The average molecular weight is 329 g/mol. The Morgan fingerprint density at radius 2 is 2.19 bits per heavy atom. The number of sulfone groups is 1. The molecule has 1 saturated heterocycles. The van der Waals surface area contributed by atoms with Gasteiger partial charge in [-0.05, 0) is 43.1 Å². The predicted octanol–water partition coefficient (Wildman–Crippen LogP) is 1.81. The highest BCUT2D eigenvalue weighted by Gasteiger charge is 2.33. The van der Waals surface area contributed by atoms with Crippen molar-refractivity contribution in [2.24, 2.45) is 5.73 Å². The van der Waals surface area contributed by atoms with Crippen LogP contribution in [0.2, 0.25) is 0 Å². The molecule has 1 aliphatic rings. The van der Waals surface area contributed by atoms with E-state index >= 15 is 0 Å².